The molecule has 0 spiro atoms. The molecule has 0 bridgehead atoms. The molecule has 2 heterocycles. The molecule has 3 aromatic carbocycles. The van der Waals surface area contributed by atoms with Crippen LogP contribution in [0.1, 0.15) is 37.5 Å². The molecule has 0 fully saturated rings. The van der Waals surface area contributed by atoms with Crippen LogP contribution in [0, 0.1) is 11.6 Å². The van der Waals surface area contributed by atoms with E-state index in [0.29, 0.717) is 31.6 Å². The van der Waals surface area contributed by atoms with E-state index in [-0.39, 0.29) is 5.56 Å². The van der Waals surface area contributed by atoms with Gasteiger partial charge in [-0.3, -0.25) is 14.8 Å². The van der Waals surface area contributed by atoms with Gasteiger partial charge in [-0.05, 0) is 47.9 Å². The second-order valence-electron chi connectivity index (χ2n) is 8.30. The third-order valence-electron chi connectivity index (χ3n) is 6.22. The molecule has 0 unspecified atom stereocenters. The van der Waals surface area contributed by atoms with Gasteiger partial charge >= 0.3 is 0 Å². The number of fused-ring (bicyclic) bond motifs is 3. The minimum absolute atomic E-state index is 0.0126. The van der Waals surface area contributed by atoms with Gasteiger partial charge in [-0.25, -0.2) is 14.3 Å². The second kappa shape index (κ2) is 8.72. The molecule has 2 N–H and O–H groups in total. The van der Waals surface area contributed by atoms with Gasteiger partial charge in [0.2, 0.25) is 0 Å². The molecule has 8 heteroatoms. The summed E-state index contributed by atoms with van der Waals surface area (Å²) in [6.07, 6.45) is 0.627. The van der Waals surface area contributed by atoms with Gasteiger partial charge in [0.15, 0.2) is 0 Å². The Hall–Kier alpha value is -4.04. The van der Waals surface area contributed by atoms with Crippen LogP contribution in [0.25, 0.3) is 10.9 Å². The summed E-state index contributed by atoms with van der Waals surface area (Å²) >= 11 is 0. The number of halogens is 2. The number of carbonyl (C=O) groups is 2. The molecule has 1 aliphatic heterocycles. The minimum atomic E-state index is -0.784. The van der Waals surface area contributed by atoms with Crippen molar-refractivity contribution >= 4 is 22.7 Å². The lowest BCUT2D eigenvalue weighted by atomic mass is 10.0. The molecule has 0 atom stereocenters. The number of nitrogens with one attached hydrogen (secondary N) is 1. The van der Waals surface area contributed by atoms with Crippen molar-refractivity contribution in [2.45, 2.75) is 19.5 Å². The SMILES string of the molecule is O=C(NO)c1ccc(Cn2c3c(c4ccccc42)CCN(C(=O)c2cc(F)cc(F)c2)C3)cc1. The van der Waals surface area contributed by atoms with Crippen LogP contribution in [-0.2, 0) is 19.5 Å². The number of aromatic nitrogens is 1. The van der Waals surface area contributed by atoms with Crippen molar-refractivity contribution in [3.05, 3.63) is 106 Å². The smallest absolute Gasteiger partial charge is 0.274 e. The van der Waals surface area contributed by atoms with Crippen LogP contribution < -0.4 is 5.48 Å². The Morgan fingerprint density at radius 1 is 0.941 bits per heavy atom. The maximum atomic E-state index is 13.7. The predicted octanol–water partition coefficient (Wildman–Crippen LogP) is 4.29. The first-order chi connectivity index (χ1) is 16.4. The van der Waals surface area contributed by atoms with Gasteiger partial charge in [-0.15, -0.1) is 0 Å². The molecule has 1 aliphatic rings. The molecule has 5 rings (SSSR count). The molecule has 34 heavy (non-hydrogen) atoms. The molecule has 2 amide bonds. The molecule has 1 aromatic heterocycles. The van der Waals surface area contributed by atoms with Gasteiger partial charge in [-0.2, -0.15) is 0 Å². The molecule has 172 valence electrons. The zero-order valence-electron chi connectivity index (χ0n) is 18.1. The van der Waals surface area contributed by atoms with Crippen molar-refractivity contribution in [3.8, 4) is 0 Å². The number of rotatable bonds is 4. The molecule has 4 aromatic rings. The molecule has 0 radical (unpaired) electrons. The first kappa shape index (κ1) is 21.8. The van der Waals surface area contributed by atoms with E-state index in [0.717, 1.165) is 45.9 Å². The van der Waals surface area contributed by atoms with Crippen molar-refractivity contribution in [3.63, 3.8) is 0 Å². The van der Waals surface area contributed by atoms with Crippen LogP contribution in [0.5, 0.6) is 0 Å². The molecular weight excluding hydrogens is 440 g/mol. The minimum Gasteiger partial charge on any atom is -0.338 e. The normalized spacial score (nSPS) is 13.1. The summed E-state index contributed by atoms with van der Waals surface area (Å²) in [6.45, 7) is 1.27. The Morgan fingerprint density at radius 2 is 1.65 bits per heavy atom. The lowest BCUT2D eigenvalue weighted by Crippen LogP contribution is -2.36. The molecular formula is C26H21F2N3O3. The fourth-order valence-electron chi connectivity index (χ4n) is 4.62. The van der Waals surface area contributed by atoms with Crippen LogP contribution in [0.15, 0.2) is 66.7 Å². The number of hydrogen-bond donors (Lipinski definition) is 2. The number of benzene rings is 3. The van der Waals surface area contributed by atoms with E-state index >= 15 is 0 Å². The molecule has 0 saturated heterocycles. The van der Waals surface area contributed by atoms with Crippen LogP contribution in [-0.4, -0.2) is 33.0 Å². The van der Waals surface area contributed by atoms with E-state index in [1.807, 2.05) is 30.3 Å². The Balaban J connectivity index is 1.50. The summed E-state index contributed by atoms with van der Waals surface area (Å²) in [6, 6.07) is 17.8. The largest absolute Gasteiger partial charge is 0.338 e. The highest BCUT2D eigenvalue weighted by molar-refractivity contribution is 5.95. The zero-order valence-corrected chi connectivity index (χ0v) is 18.1. The maximum absolute atomic E-state index is 13.7. The Morgan fingerprint density at radius 3 is 2.35 bits per heavy atom. The predicted molar refractivity (Wildman–Crippen MR) is 122 cm³/mol. The Labute approximate surface area is 194 Å². The standard InChI is InChI=1S/C26H21F2N3O3/c27-19-11-18(12-20(28)13-19)26(33)30-10-9-22-21-3-1-2-4-23(21)31(24(22)15-30)14-16-5-7-17(8-6-16)25(32)29-34/h1-8,11-13,34H,9-10,14-15H2,(H,29,32). The van der Waals surface area contributed by atoms with E-state index < -0.39 is 23.4 Å². The van der Waals surface area contributed by atoms with Crippen molar-refractivity contribution in [2.75, 3.05) is 6.54 Å². The summed E-state index contributed by atoms with van der Waals surface area (Å²) < 4.78 is 29.5. The third kappa shape index (κ3) is 3.92. The molecule has 6 nitrogen and oxygen atoms in total. The van der Waals surface area contributed by atoms with Crippen molar-refractivity contribution in [1.29, 1.82) is 0 Å². The van der Waals surface area contributed by atoms with Crippen LogP contribution in [0.4, 0.5) is 8.78 Å². The lowest BCUT2D eigenvalue weighted by Gasteiger charge is -2.29. The highest BCUT2D eigenvalue weighted by Gasteiger charge is 2.27. The van der Waals surface area contributed by atoms with E-state index in [4.69, 9.17) is 5.21 Å². The van der Waals surface area contributed by atoms with Crippen LogP contribution in [0.2, 0.25) is 0 Å². The van der Waals surface area contributed by atoms with E-state index in [1.54, 1.807) is 22.5 Å². The van der Waals surface area contributed by atoms with Gasteiger partial charge in [0.05, 0.1) is 6.54 Å². The summed E-state index contributed by atoms with van der Waals surface area (Å²) in [5.74, 6) is -2.57. The van der Waals surface area contributed by atoms with Gasteiger partial charge in [0, 0.05) is 46.9 Å². The maximum Gasteiger partial charge on any atom is 0.274 e. The van der Waals surface area contributed by atoms with Crippen molar-refractivity contribution < 1.29 is 23.6 Å². The average molecular weight is 461 g/mol. The first-order valence-electron chi connectivity index (χ1n) is 10.8. The van der Waals surface area contributed by atoms with E-state index in [1.165, 1.54) is 0 Å². The summed E-state index contributed by atoms with van der Waals surface area (Å²) in [7, 11) is 0. The van der Waals surface area contributed by atoms with Crippen molar-refractivity contribution in [2.24, 2.45) is 0 Å². The number of amides is 2. The lowest BCUT2D eigenvalue weighted by molar-refractivity contribution is 0.0705. The van der Waals surface area contributed by atoms with Gasteiger partial charge in [-0.1, -0.05) is 30.3 Å². The Kier molecular flexibility index (Phi) is 5.59. The Bertz CT molecular complexity index is 1390. The molecule has 0 aliphatic carbocycles. The first-order valence-corrected chi connectivity index (χ1v) is 10.8. The topological polar surface area (TPSA) is 74.6 Å². The monoisotopic (exact) mass is 461 g/mol. The van der Waals surface area contributed by atoms with E-state index in [2.05, 4.69) is 10.6 Å². The van der Waals surface area contributed by atoms with E-state index in [9.17, 15) is 18.4 Å². The summed E-state index contributed by atoms with van der Waals surface area (Å²) in [4.78, 5) is 26.3. The van der Waals surface area contributed by atoms with Crippen LogP contribution >= 0.6 is 0 Å². The fourth-order valence-corrected chi connectivity index (χ4v) is 4.62. The summed E-state index contributed by atoms with van der Waals surface area (Å²) in [5.41, 5.74) is 6.03. The number of para-hydroxylation sites is 1. The van der Waals surface area contributed by atoms with Crippen LogP contribution in [0.3, 0.4) is 0 Å². The average Bonchev–Trinajstić information content (AvgIpc) is 3.16. The highest BCUT2D eigenvalue weighted by atomic mass is 19.1. The highest BCUT2D eigenvalue weighted by Crippen LogP contribution is 2.32. The summed E-state index contributed by atoms with van der Waals surface area (Å²) in [5, 5.41) is 9.93. The molecule has 0 saturated carbocycles. The number of carbonyl (C=O) groups excluding carboxylic acids is 2. The number of hydroxylamine groups is 1. The zero-order chi connectivity index (χ0) is 23.8. The number of nitrogens with zero attached hydrogens (tertiary/aromatic N) is 2. The van der Waals surface area contributed by atoms with Gasteiger partial charge < -0.3 is 9.47 Å². The van der Waals surface area contributed by atoms with Crippen molar-refractivity contribution in [1.82, 2.24) is 14.9 Å². The van der Waals surface area contributed by atoms with Gasteiger partial charge in [0.1, 0.15) is 11.6 Å². The second-order valence-corrected chi connectivity index (χ2v) is 8.30. The van der Waals surface area contributed by atoms with Gasteiger partial charge in [0.25, 0.3) is 11.8 Å². The fraction of sp³-hybridized carbons (Fsp3) is 0.154. The quantitative estimate of drug-likeness (QED) is 0.352. The third-order valence-corrected chi connectivity index (χ3v) is 6.22. The number of hydrogen-bond acceptors (Lipinski definition) is 3.